The van der Waals surface area contributed by atoms with Crippen LogP contribution in [0.4, 0.5) is 4.39 Å². The third kappa shape index (κ3) is 2.72. The van der Waals surface area contributed by atoms with Crippen LogP contribution in [-0.4, -0.2) is 6.54 Å². The average Bonchev–Trinajstić information content (AvgIpc) is 2.84. The molecule has 0 bridgehead atoms. The summed E-state index contributed by atoms with van der Waals surface area (Å²) < 4.78 is 20.1. The molecule has 3 aromatic rings. The highest BCUT2D eigenvalue weighted by Crippen LogP contribution is 2.41. The molecular weight excluding hydrogens is 324 g/mol. The number of rotatable bonds is 4. The highest BCUT2D eigenvalue weighted by molar-refractivity contribution is 6.38. The zero-order valence-electron chi connectivity index (χ0n) is 11.7. The molecular formula is C17H14Cl2FNO. The summed E-state index contributed by atoms with van der Waals surface area (Å²) in [4.78, 5) is 0. The molecule has 0 aliphatic heterocycles. The summed E-state index contributed by atoms with van der Waals surface area (Å²) in [6, 6.07) is 9.96. The van der Waals surface area contributed by atoms with Crippen molar-refractivity contribution in [2.45, 2.75) is 12.8 Å². The first-order chi connectivity index (χ1) is 10.6. The van der Waals surface area contributed by atoms with Crippen LogP contribution in [0.25, 0.3) is 22.1 Å². The number of nitrogens with two attached hydrogens (primary N) is 1. The molecule has 2 N–H and O–H groups in total. The Kier molecular flexibility index (Phi) is 4.39. The lowest BCUT2D eigenvalue weighted by molar-refractivity contribution is 0.541. The van der Waals surface area contributed by atoms with Gasteiger partial charge in [-0.05, 0) is 31.2 Å². The van der Waals surface area contributed by atoms with Crippen LogP contribution >= 0.6 is 23.2 Å². The molecule has 0 spiro atoms. The van der Waals surface area contributed by atoms with Crippen molar-refractivity contribution in [2.75, 3.05) is 6.54 Å². The second-order valence-electron chi connectivity index (χ2n) is 5.04. The van der Waals surface area contributed by atoms with Gasteiger partial charge in [0.05, 0.1) is 5.02 Å². The number of hydrogen-bond acceptors (Lipinski definition) is 2. The van der Waals surface area contributed by atoms with Gasteiger partial charge < -0.3 is 10.2 Å². The Bertz CT molecular complexity index is 829. The van der Waals surface area contributed by atoms with Crippen molar-refractivity contribution in [1.82, 2.24) is 0 Å². The first-order valence-electron chi connectivity index (χ1n) is 6.97. The molecule has 2 aromatic carbocycles. The SMILES string of the molecule is NCCCc1oc2c(Cl)cc(Cl)cc2c1-c1ccccc1F. The van der Waals surface area contributed by atoms with Gasteiger partial charge in [-0.25, -0.2) is 4.39 Å². The van der Waals surface area contributed by atoms with Crippen molar-refractivity contribution in [3.8, 4) is 11.1 Å². The van der Waals surface area contributed by atoms with Crippen molar-refractivity contribution in [3.05, 3.63) is 58.0 Å². The van der Waals surface area contributed by atoms with Crippen molar-refractivity contribution in [1.29, 1.82) is 0 Å². The molecule has 0 saturated carbocycles. The highest BCUT2D eigenvalue weighted by Gasteiger charge is 2.20. The quantitative estimate of drug-likeness (QED) is 0.688. The van der Waals surface area contributed by atoms with Gasteiger partial charge in [0.25, 0.3) is 0 Å². The van der Waals surface area contributed by atoms with Crippen LogP contribution in [-0.2, 0) is 6.42 Å². The summed E-state index contributed by atoms with van der Waals surface area (Å²) in [5.74, 6) is 0.366. The van der Waals surface area contributed by atoms with Gasteiger partial charge in [-0.1, -0.05) is 41.4 Å². The van der Waals surface area contributed by atoms with Crippen molar-refractivity contribution < 1.29 is 8.81 Å². The maximum atomic E-state index is 14.3. The van der Waals surface area contributed by atoms with E-state index in [1.807, 2.05) is 0 Å². The fourth-order valence-electron chi connectivity index (χ4n) is 2.57. The molecule has 22 heavy (non-hydrogen) atoms. The summed E-state index contributed by atoms with van der Waals surface area (Å²) in [6.07, 6.45) is 1.36. The zero-order valence-corrected chi connectivity index (χ0v) is 13.2. The monoisotopic (exact) mass is 337 g/mol. The van der Waals surface area contributed by atoms with Gasteiger partial charge in [0.1, 0.15) is 11.6 Å². The van der Waals surface area contributed by atoms with E-state index in [1.165, 1.54) is 6.07 Å². The Hall–Kier alpha value is -1.55. The second-order valence-corrected chi connectivity index (χ2v) is 5.88. The van der Waals surface area contributed by atoms with E-state index in [4.69, 9.17) is 33.4 Å². The topological polar surface area (TPSA) is 39.2 Å². The molecule has 0 aliphatic rings. The number of aryl methyl sites for hydroxylation is 1. The van der Waals surface area contributed by atoms with E-state index in [0.29, 0.717) is 45.5 Å². The van der Waals surface area contributed by atoms with E-state index < -0.39 is 0 Å². The average molecular weight is 338 g/mol. The van der Waals surface area contributed by atoms with E-state index in [2.05, 4.69) is 0 Å². The van der Waals surface area contributed by atoms with Gasteiger partial charge in [0.2, 0.25) is 0 Å². The maximum absolute atomic E-state index is 14.3. The third-order valence-electron chi connectivity index (χ3n) is 3.53. The third-order valence-corrected chi connectivity index (χ3v) is 4.03. The van der Waals surface area contributed by atoms with Crippen LogP contribution in [0.15, 0.2) is 40.8 Å². The molecule has 1 heterocycles. The molecule has 0 atom stereocenters. The summed E-state index contributed by atoms with van der Waals surface area (Å²) >= 11 is 12.3. The summed E-state index contributed by atoms with van der Waals surface area (Å²) in [5, 5.41) is 1.62. The van der Waals surface area contributed by atoms with Gasteiger partial charge in [0, 0.05) is 28.0 Å². The number of furan rings is 1. The zero-order chi connectivity index (χ0) is 15.7. The molecule has 0 aliphatic carbocycles. The van der Waals surface area contributed by atoms with Gasteiger partial charge in [-0.15, -0.1) is 0 Å². The highest BCUT2D eigenvalue weighted by atomic mass is 35.5. The molecule has 0 saturated heterocycles. The van der Waals surface area contributed by atoms with Crippen LogP contribution in [0.1, 0.15) is 12.2 Å². The first-order valence-corrected chi connectivity index (χ1v) is 7.72. The molecule has 0 unspecified atom stereocenters. The fourth-order valence-corrected chi connectivity index (χ4v) is 3.10. The van der Waals surface area contributed by atoms with Crippen LogP contribution in [0, 0.1) is 5.82 Å². The molecule has 0 fully saturated rings. The standard InChI is InChI=1S/C17H14Cl2FNO/c18-10-8-12-16(11-4-1-2-5-14(11)20)15(6-3-7-21)22-17(12)13(19)9-10/h1-2,4-5,8-9H,3,6-7,21H2. The van der Waals surface area contributed by atoms with E-state index >= 15 is 0 Å². The van der Waals surface area contributed by atoms with Gasteiger partial charge >= 0.3 is 0 Å². The Labute approximate surface area is 137 Å². The van der Waals surface area contributed by atoms with Crippen molar-refractivity contribution in [3.63, 3.8) is 0 Å². The molecule has 3 rings (SSSR count). The van der Waals surface area contributed by atoms with Crippen LogP contribution in [0.5, 0.6) is 0 Å². The smallest absolute Gasteiger partial charge is 0.153 e. The van der Waals surface area contributed by atoms with Crippen LogP contribution in [0.2, 0.25) is 10.0 Å². The molecule has 1 aromatic heterocycles. The number of benzene rings is 2. The lowest BCUT2D eigenvalue weighted by Gasteiger charge is -2.05. The van der Waals surface area contributed by atoms with Crippen LogP contribution in [0.3, 0.4) is 0 Å². The molecule has 0 radical (unpaired) electrons. The predicted molar refractivity (Wildman–Crippen MR) is 89.0 cm³/mol. The Balaban J connectivity index is 2.31. The Morgan fingerprint density at radius 3 is 2.64 bits per heavy atom. The number of halogens is 3. The number of hydrogen-bond donors (Lipinski definition) is 1. The van der Waals surface area contributed by atoms with E-state index in [1.54, 1.807) is 30.3 Å². The van der Waals surface area contributed by atoms with Gasteiger partial charge in [-0.3, -0.25) is 0 Å². The molecule has 2 nitrogen and oxygen atoms in total. The van der Waals surface area contributed by atoms with E-state index in [0.717, 1.165) is 11.8 Å². The van der Waals surface area contributed by atoms with Crippen molar-refractivity contribution >= 4 is 34.2 Å². The van der Waals surface area contributed by atoms with Gasteiger partial charge in [-0.2, -0.15) is 0 Å². The lowest BCUT2D eigenvalue weighted by Crippen LogP contribution is -2.00. The fraction of sp³-hybridized carbons (Fsp3) is 0.176. The van der Waals surface area contributed by atoms with E-state index in [9.17, 15) is 4.39 Å². The second kappa shape index (κ2) is 6.29. The Morgan fingerprint density at radius 1 is 1.14 bits per heavy atom. The minimum atomic E-state index is -0.310. The largest absolute Gasteiger partial charge is 0.459 e. The van der Waals surface area contributed by atoms with E-state index in [-0.39, 0.29) is 5.82 Å². The molecule has 114 valence electrons. The minimum absolute atomic E-state index is 0.310. The summed E-state index contributed by atoms with van der Waals surface area (Å²) in [6.45, 7) is 0.530. The summed E-state index contributed by atoms with van der Waals surface area (Å²) in [5.41, 5.74) is 7.28. The minimum Gasteiger partial charge on any atom is -0.459 e. The van der Waals surface area contributed by atoms with Gasteiger partial charge in [0.15, 0.2) is 5.58 Å². The van der Waals surface area contributed by atoms with Crippen LogP contribution < -0.4 is 5.73 Å². The molecule has 0 amide bonds. The Morgan fingerprint density at radius 2 is 1.91 bits per heavy atom. The first kappa shape index (κ1) is 15.3. The maximum Gasteiger partial charge on any atom is 0.153 e. The summed E-state index contributed by atoms with van der Waals surface area (Å²) in [7, 11) is 0. The predicted octanol–water partition coefficient (Wildman–Crippen LogP) is 5.44. The normalized spacial score (nSPS) is 11.3. The lowest BCUT2D eigenvalue weighted by atomic mass is 9.99. The molecule has 5 heteroatoms. The number of fused-ring (bicyclic) bond motifs is 1. The van der Waals surface area contributed by atoms with Crippen molar-refractivity contribution in [2.24, 2.45) is 5.73 Å².